The summed E-state index contributed by atoms with van der Waals surface area (Å²) in [6, 6.07) is 5.53. The molecule has 0 spiro atoms. The lowest BCUT2D eigenvalue weighted by atomic mass is 10.1. The van der Waals surface area contributed by atoms with E-state index < -0.39 is 5.82 Å². The van der Waals surface area contributed by atoms with Crippen molar-refractivity contribution in [3.63, 3.8) is 0 Å². The SMILES string of the molecule is CC(NC(=O)NCc1ccn[nH]1)c1ccc(Cl)c(F)c1. The van der Waals surface area contributed by atoms with E-state index in [2.05, 4.69) is 20.8 Å². The van der Waals surface area contributed by atoms with Crippen molar-refractivity contribution in [3.05, 3.63) is 52.6 Å². The summed E-state index contributed by atoms with van der Waals surface area (Å²) in [6.45, 7) is 2.10. The number of hydrogen-bond acceptors (Lipinski definition) is 2. The summed E-state index contributed by atoms with van der Waals surface area (Å²) in [6.07, 6.45) is 1.61. The second-order valence-electron chi connectivity index (χ2n) is 4.30. The zero-order valence-corrected chi connectivity index (χ0v) is 11.5. The molecule has 0 saturated heterocycles. The highest BCUT2D eigenvalue weighted by molar-refractivity contribution is 6.30. The van der Waals surface area contributed by atoms with Crippen LogP contribution in [-0.4, -0.2) is 16.2 Å². The number of carbonyl (C=O) groups excluding carboxylic acids is 1. The van der Waals surface area contributed by atoms with Crippen LogP contribution in [0.25, 0.3) is 0 Å². The van der Waals surface area contributed by atoms with Gasteiger partial charge in [0, 0.05) is 6.20 Å². The maximum absolute atomic E-state index is 13.3. The molecular formula is C13H14ClFN4O. The Morgan fingerprint density at radius 3 is 2.95 bits per heavy atom. The lowest BCUT2D eigenvalue weighted by molar-refractivity contribution is 0.237. The molecule has 0 saturated carbocycles. The average molecular weight is 297 g/mol. The van der Waals surface area contributed by atoms with E-state index in [4.69, 9.17) is 11.6 Å². The third kappa shape index (κ3) is 3.71. The zero-order valence-electron chi connectivity index (χ0n) is 10.8. The van der Waals surface area contributed by atoms with Crippen LogP contribution in [0.1, 0.15) is 24.2 Å². The molecule has 5 nitrogen and oxygen atoms in total. The maximum atomic E-state index is 13.3. The zero-order chi connectivity index (χ0) is 14.5. The van der Waals surface area contributed by atoms with Crippen LogP contribution in [0, 0.1) is 5.82 Å². The summed E-state index contributed by atoms with van der Waals surface area (Å²) in [4.78, 5) is 11.7. The lowest BCUT2D eigenvalue weighted by Crippen LogP contribution is -2.36. The Kier molecular flexibility index (Phi) is 4.57. The van der Waals surface area contributed by atoms with Gasteiger partial charge in [-0.1, -0.05) is 17.7 Å². The fraction of sp³-hybridized carbons (Fsp3) is 0.231. The summed E-state index contributed by atoms with van der Waals surface area (Å²) in [5, 5.41) is 12.0. The largest absolute Gasteiger partial charge is 0.333 e. The molecule has 0 aliphatic carbocycles. The third-order valence-electron chi connectivity index (χ3n) is 2.79. The minimum atomic E-state index is -0.504. The van der Waals surface area contributed by atoms with Crippen molar-refractivity contribution >= 4 is 17.6 Å². The molecule has 1 heterocycles. The number of halogens is 2. The number of hydrogen-bond donors (Lipinski definition) is 3. The summed E-state index contributed by atoms with van der Waals surface area (Å²) < 4.78 is 13.3. The summed E-state index contributed by atoms with van der Waals surface area (Å²) in [7, 11) is 0. The number of carbonyl (C=O) groups is 1. The summed E-state index contributed by atoms with van der Waals surface area (Å²) >= 11 is 5.61. The molecule has 0 aliphatic heterocycles. The van der Waals surface area contributed by atoms with Gasteiger partial charge >= 0.3 is 6.03 Å². The molecule has 2 amide bonds. The van der Waals surface area contributed by atoms with Crippen LogP contribution in [0.15, 0.2) is 30.5 Å². The number of urea groups is 1. The van der Waals surface area contributed by atoms with Crippen molar-refractivity contribution in [3.8, 4) is 0 Å². The van der Waals surface area contributed by atoms with Gasteiger partial charge in [0.2, 0.25) is 0 Å². The second kappa shape index (κ2) is 6.38. The Hall–Kier alpha value is -2.08. The molecule has 0 radical (unpaired) electrons. The average Bonchev–Trinajstić information content (AvgIpc) is 2.92. The van der Waals surface area contributed by atoms with E-state index >= 15 is 0 Å². The van der Waals surface area contributed by atoms with E-state index in [0.29, 0.717) is 12.1 Å². The van der Waals surface area contributed by atoms with Gasteiger partial charge in [0.15, 0.2) is 0 Å². The van der Waals surface area contributed by atoms with Gasteiger partial charge in [-0.2, -0.15) is 5.10 Å². The van der Waals surface area contributed by atoms with E-state index in [0.717, 1.165) is 5.69 Å². The van der Waals surface area contributed by atoms with Crippen LogP contribution in [0.2, 0.25) is 5.02 Å². The first-order valence-corrected chi connectivity index (χ1v) is 6.41. The monoisotopic (exact) mass is 296 g/mol. The van der Waals surface area contributed by atoms with Gasteiger partial charge in [-0.15, -0.1) is 0 Å². The molecule has 0 aliphatic rings. The van der Waals surface area contributed by atoms with Crippen molar-refractivity contribution in [2.45, 2.75) is 19.5 Å². The summed E-state index contributed by atoms with van der Waals surface area (Å²) in [5.41, 5.74) is 1.44. The number of H-pyrrole nitrogens is 1. The molecular weight excluding hydrogens is 283 g/mol. The van der Waals surface area contributed by atoms with Gasteiger partial charge in [-0.05, 0) is 30.7 Å². The number of aromatic nitrogens is 2. The van der Waals surface area contributed by atoms with E-state index in [-0.39, 0.29) is 17.1 Å². The van der Waals surface area contributed by atoms with Crippen molar-refractivity contribution in [2.24, 2.45) is 0 Å². The molecule has 1 aromatic carbocycles. The van der Waals surface area contributed by atoms with Gasteiger partial charge in [0.05, 0.1) is 23.3 Å². The highest BCUT2D eigenvalue weighted by atomic mass is 35.5. The number of benzene rings is 1. The number of nitrogens with zero attached hydrogens (tertiary/aromatic N) is 1. The number of rotatable bonds is 4. The number of amides is 2. The number of aromatic amines is 1. The van der Waals surface area contributed by atoms with E-state index in [1.807, 2.05) is 0 Å². The predicted octanol–water partition coefficient (Wildman–Crippen LogP) is 2.76. The Morgan fingerprint density at radius 1 is 1.50 bits per heavy atom. The van der Waals surface area contributed by atoms with Crippen molar-refractivity contribution in [2.75, 3.05) is 0 Å². The first-order chi connectivity index (χ1) is 9.56. The van der Waals surface area contributed by atoms with E-state index in [9.17, 15) is 9.18 Å². The van der Waals surface area contributed by atoms with Gasteiger partial charge < -0.3 is 10.6 Å². The topological polar surface area (TPSA) is 69.8 Å². The van der Waals surface area contributed by atoms with Gasteiger partial charge in [0.1, 0.15) is 5.82 Å². The Labute approximate surface area is 120 Å². The molecule has 0 bridgehead atoms. The van der Waals surface area contributed by atoms with E-state index in [1.165, 1.54) is 12.1 Å². The molecule has 0 fully saturated rings. The Balaban J connectivity index is 1.88. The standard InChI is InChI=1S/C13H14ClFN4O/c1-8(9-2-3-11(14)12(15)6-9)18-13(20)16-7-10-4-5-17-19-10/h2-6,8H,7H2,1H3,(H,17,19)(H2,16,18,20). The van der Waals surface area contributed by atoms with Crippen LogP contribution in [0.3, 0.4) is 0 Å². The lowest BCUT2D eigenvalue weighted by Gasteiger charge is -2.15. The smallest absolute Gasteiger partial charge is 0.315 e. The van der Waals surface area contributed by atoms with Crippen LogP contribution < -0.4 is 10.6 Å². The minimum Gasteiger partial charge on any atom is -0.333 e. The summed E-state index contributed by atoms with van der Waals surface area (Å²) in [5.74, 6) is -0.504. The fourth-order valence-electron chi connectivity index (χ4n) is 1.67. The normalized spacial score (nSPS) is 11.9. The number of nitrogens with one attached hydrogen (secondary N) is 3. The third-order valence-corrected chi connectivity index (χ3v) is 3.10. The van der Waals surface area contributed by atoms with Crippen molar-refractivity contribution in [1.82, 2.24) is 20.8 Å². The molecule has 2 rings (SSSR count). The van der Waals surface area contributed by atoms with Crippen molar-refractivity contribution in [1.29, 1.82) is 0 Å². The molecule has 106 valence electrons. The minimum absolute atomic E-state index is 0.0599. The maximum Gasteiger partial charge on any atom is 0.315 e. The van der Waals surface area contributed by atoms with Crippen LogP contribution in [0.4, 0.5) is 9.18 Å². The predicted molar refractivity (Wildman–Crippen MR) is 73.8 cm³/mol. The molecule has 1 aromatic heterocycles. The molecule has 7 heteroatoms. The second-order valence-corrected chi connectivity index (χ2v) is 4.71. The van der Waals surface area contributed by atoms with Crippen LogP contribution in [0.5, 0.6) is 0 Å². The Morgan fingerprint density at radius 2 is 2.30 bits per heavy atom. The highest BCUT2D eigenvalue weighted by Gasteiger charge is 2.11. The van der Waals surface area contributed by atoms with Crippen LogP contribution in [-0.2, 0) is 6.54 Å². The molecule has 2 aromatic rings. The molecule has 3 N–H and O–H groups in total. The highest BCUT2D eigenvalue weighted by Crippen LogP contribution is 2.19. The van der Waals surface area contributed by atoms with Crippen molar-refractivity contribution < 1.29 is 9.18 Å². The van der Waals surface area contributed by atoms with E-state index in [1.54, 1.807) is 25.3 Å². The van der Waals surface area contributed by atoms with Gasteiger partial charge in [0.25, 0.3) is 0 Å². The molecule has 1 atom stereocenters. The fourth-order valence-corrected chi connectivity index (χ4v) is 1.79. The van der Waals surface area contributed by atoms with Gasteiger partial charge in [-0.25, -0.2) is 9.18 Å². The quantitative estimate of drug-likeness (QED) is 0.812. The Bertz CT molecular complexity index is 588. The molecule has 20 heavy (non-hydrogen) atoms. The van der Waals surface area contributed by atoms with Crippen LogP contribution >= 0.6 is 11.6 Å². The first kappa shape index (κ1) is 14.3. The van der Waals surface area contributed by atoms with Gasteiger partial charge in [-0.3, -0.25) is 5.10 Å². The first-order valence-electron chi connectivity index (χ1n) is 6.04. The molecule has 1 unspecified atom stereocenters.